The van der Waals surface area contributed by atoms with E-state index < -0.39 is 0 Å². The first-order valence-electron chi connectivity index (χ1n) is 8.16. The molecule has 0 spiro atoms. The van der Waals surface area contributed by atoms with E-state index in [4.69, 9.17) is 0 Å². The van der Waals surface area contributed by atoms with Crippen LogP contribution in [0.4, 0.5) is 4.39 Å². The normalized spacial score (nSPS) is 31.3. The van der Waals surface area contributed by atoms with E-state index in [1.807, 2.05) is 12.1 Å². The van der Waals surface area contributed by atoms with E-state index >= 15 is 0 Å². The van der Waals surface area contributed by atoms with Gasteiger partial charge in [0.2, 0.25) is 0 Å². The molecule has 3 atom stereocenters. The highest BCUT2D eigenvalue weighted by Crippen LogP contribution is 2.57. The van der Waals surface area contributed by atoms with Crippen LogP contribution in [0.25, 0.3) is 0 Å². The summed E-state index contributed by atoms with van der Waals surface area (Å²) >= 11 is 3.33. The Hall–Kier alpha value is -0.410. The van der Waals surface area contributed by atoms with Gasteiger partial charge in [-0.3, -0.25) is 0 Å². The summed E-state index contributed by atoms with van der Waals surface area (Å²) in [6.45, 7) is 5.53. The number of hydrogen-bond donors (Lipinski definition) is 1. The number of hydrogen-bond acceptors (Lipinski definition) is 1. The molecular formula is C18H25BrFN. The van der Waals surface area contributed by atoms with E-state index in [0.717, 1.165) is 24.8 Å². The lowest BCUT2D eigenvalue weighted by Crippen LogP contribution is -2.42. The summed E-state index contributed by atoms with van der Waals surface area (Å²) in [6, 6.07) is 6.05. The largest absolute Gasteiger partial charge is 0.314 e. The molecule has 21 heavy (non-hydrogen) atoms. The molecule has 3 heteroatoms. The van der Waals surface area contributed by atoms with Crippen molar-refractivity contribution in [3.05, 3.63) is 34.1 Å². The van der Waals surface area contributed by atoms with E-state index in [0.29, 0.717) is 15.9 Å². The molecule has 1 N–H and O–H groups in total. The SMILES string of the molecule is CC(C)NCC1(Cc2ccc(F)c(Br)c2)CC2CCC1C2. The van der Waals surface area contributed by atoms with Crippen LogP contribution < -0.4 is 5.32 Å². The molecular weight excluding hydrogens is 329 g/mol. The molecule has 0 saturated heterocycles. The first-order chi connectivity index (χ1) is 9.98. The number of fused-ring (bicyclic) bond motifs is 2. The molecule has 116 valence electrons. The van der Waals surface area contributed by atoms with Crippen molar-refractivity contribution in [2.24, 2.45) is 17.3 Å². The van der Waals surface area contributed by atoms with Crippen LogP contribution in [0.1, 0.15) is 45.1 Å². The highest BCUT2D eigenvalue weighted by molar-refractivity contribution is 9.10. The fourth-order valence-electron chi connectivity index (χ4n) is 4.52. The summed E-state index contributed by atoms with van der Waals surface area (Å²) < 4.78 is 14.0. The number of halogens is 2. The molecule has 3 rings (SSSR count). The first kappa shape index (κ1) is 15.5. The quantitative estimate of drug-likeness (QED) is 0.790. The second-order valence-corrected chi connectivity index (χ2v) is 8.26. The van der Waals surface area contributed by atoms with Crippen molar-refractivity contribution in [2.45, 2.75) is 52.0 Å². The van der Waals surface area contributed by atoms with Gasteiger partial charge in [0, 0.05) is 12.6 Å². The second-order valence-electron chi connectivity index (χ2n) is 7.40. The van der Waals surface area contributed by atoms with Crippen LogP contribution in [-0.4, -0.2) is 12.6 Å². The predicted molar refractivity (Wildman–Crippen MR) is 88.8 cm³/mol. The first-order valence-corrected chi connectivity index (χ1v) is 8.95. The van der Waals surface area contributed by atoms with Gasteiger partial charge in [-0.05, 0) is 76.6 Å². The maximum atomic E-state index is 13.5. The van der Waals surface area contributed by atoms with Crippen molar-refractivity contribution in [1.82, 2.24) is 5.32 Å². The van der Waals surface area contributed by atoms with Gasteiger partial charge in [0.15, 0.2) is 0 Å². The lowest BCUT2D eigenvalue weighted by molar-refractivity contribution is 0.152. The number of rotatable bonds is 5. The molecule has 2 aliphatic rings. The third-order valence-corrected chi connectivity index (χ3v) is 6.11. The molecule has 0 amide bonds. The molecule has 0 aromatic heterocycles. The molecule has 3 unspecified atom stereocenters. The molecule has 1 aromatic carbocycles. The maximum absolute atomic E-state index is 13.5. The van der Waals surface area contributed by atoms with Crippen molar-refractivity contribution >= 4 is 15.9 Å². The van der Waals surface area contributed by atoms with Crippen molar-refractivity contribution in [3.63, 3.8) is 0 Å². The van der Waals surface area contributed by atoms with Crippen molar-refractivity contribution in [1.29, 1.82) is 0 Å². The Labute approximate surface area is 135 Å². The Morgan fingerprint density at radius 2 is 2.19 bits per heavy atom. The van der Waals surface area contributed by atoms with E-state index in [9.17, 15) is 4.39 Å². The van der Waals surface area contributed by atoms with Crippen molar-refractivity contribution in [3.8, 4) is 0 Å². The molecule has 0 heterocycles. The zero-order valence-corrected chi connectivity index (χ0v) is 14.5. The molecule has 2 aliphatic carbocycles. The Morgan fingerprint density at radius 3 is 2.76 bits per heavy atom. The van der Waals surface area contributed by atoms with Crippen LogP contribution in [0.15, 0.2) is 22.7 Å². The summed E-state index contributed by atoms with van der Waals surface area (Å²) in [5.74, 6) is 1.60. The van der Waals surface area contributed by atoms with Gasteiger partial charge in [-0.2, -0.15) is 0 Å². The molecule has 1 aromatic rings. The maximum Gasteiger partial charge on any atom is 0.137 e. The van der Waals surface area contributed by atoms with Crippen molar-refractivity contribution in [2.75, 3.05) is 6.54 Å². The van der Waals surface area contributed by atoms with Gasteiger partial charge in [-0.25, -0.2) is 4.39 Å². The Balaban J connectivity index is 1.80. The zero-order valence-electron chi connectivity index (χ0n) is 13.0. The van der Waals surface area contributed by atoms with Crippen molar-refractivity contribution < 1.29 is 4.39 Å². The van der Waals surface area contributed by atoms with Gasteiger partial charge < -0.3 is 5.32 Å². The van der Waals surface area contributed by atoms with Crippen LogP contribution in [0, 0.1) is 23.1 Å². The second kappa shape index (κ2) is 6.00. The van der Waals surface area contributed by atoms with Gasteiger partial charge in [0.05, 0.1) is 4.47 Å². The average Bonchev–Trinajstić information content (AvgIpc) is 3.02. The number of nitrogens with one attached hydrogen (secondary N) is 1. The lowest BCUT2D eigenvalue weighted by atomic mass is 9.69. The van der Waals surface area contributed by atoms with E-state index in [-0.39, 0.29) is 5.82 Å². The molecule has 2 fully saturated rings. The van der Waals surface area contributed by atoms with E-state index in [2.05, 4.69) is 35.1 Å². The summed E-state index contributed by atoms with van der Waals surface area (Å²) in [6.07, 6.45) is 6.62. The predicted octanol–water partition coefficient (Wildman–Crippen LogP) is 4.94. The molecule has 1 nitrogen and oxygen atoms in total. The van der Waals surface area contributed by atoms with E-state index in [1.165, 1.54) is 31.2 Å². The van der Waals surface area contributed by atoms with Gasteiger partial charge >= 0.3 is 0 Å². The van der Waals surface area contributed by atoms with Crippen LogP contribution in [0.3, 0.4) is 0 Å². The third kappa shape index (κ3) is 3.19. The fraction of sp³-hybridized carbons (Fsp3) is 0.667. The van der Waals surface area contributed by atoms with Crippen LogP contribution >= 0.6 is 15.9 Å². The highest BCUT2D eigenvalue weighted by Gasteiger charge is 2.50. The summed E-state index contributed by atoms with van der Waals surface area (Å²) in [7, 11) is 0. The van der Waals surface area contributed by atoms with Gasteiger partial charge in [0.25, 0.3) is 0 Å². The molecule has 0 aliphatic heterocycles. The Morgan fingerprint density at radius 1 is 1.38 bits per heavy atom. The van der Waals surface area contributed by atoms with Crippen LogP contribution in [0.2, 0.25) is 0 Å². The summed E-state index contributed by atoms with van der Waals surface area (Å²) in [4.78, 5) is 0. The van der Waals surface area contributed by atoms with Gasteiger partial charge in [-0.1, -0.05) is 26.3 Å². The molecule has 2 saturated carbocycles. The Kier molecular flexibility index (Phi) is 4.42. The van der Waals surface area contributed by atoms with Crippen LogP contribution in [-0.2, 0) is 6.42 Å². The van der Waals surface area contributed by atoms with Gasteiger partial charge in [-0.15, -0.1) is 0 Å². The minimum atomic E-state index is -0.166. The highest BCUT2D eigenvalue weighted by atomic mass is 79.9. The Bertz CT molecular complexity index is 516. The summed E-state index contributed by atoms with van der Waals surface area (Å²) in [5.41, 5.74) is 1.64. The minimum absolute atomic E-state index is 0.166. The number of benzene rings is 1. The topological polar surface area (TPSA) is 12.0 Å². The monoisotopic (exact) mass is 353 g/mol. The standard InChI is InChI=1S/C18H25BrFN/c1-12(2)21-11-18(9-13-3-5-15(18)7-13)10-14-4-6-17(20)16(19)8-14/h4,6,8,12-13,15,21H,3,5,7,9-11H2,1-2H3. The minimum Gasteiger partial charge on any atom is -0.314 e. The smallest absolute Gasteiger partial charge is 0.137 e. The third-order valence-electron chi connectivity index (χ3n) is 5.51. The van der Waals surface area contributed by atoms with E-state index in [1.54, 1.807) is 6.07 Å². The molecule has 2 bridgehead atoms. The lowest BCUT2D eigenvalue weighted by Gasteiger charge is -2.39. The summed E-state index contributed by atoms with van der Waals surface area (Å²) in [5, 5.41) is 3.67. The van der Waals surface area contributed by atoms with Gasteiger partial charge in [0.1, 0.15) is 5.82 Å². The fourth-order valence-corrected chi connectivity index (χ4v) is 4.94. The average molecular weight is 354 g/mol. The van der Waals surface area contributed by atoms with Crippen LogP contribution in [0.5, 0.6) is 0 Å². The molecule has 0 radical (unpaired) electrons. The zero-order chi connectivity index (χ0) is 15.0.